The molecule has 3 aliphatic rings. The van der Waals surface area contributed by atoms with Crippen molar-refractivity contribution in [1.29, 1.82) is 0 Å². The first-order valence-corrected chi connectivity index (χ1v) is 17.4. The molecule has 2 fully saturated rings. The van der Waals surface area contributed by atoms with Crippen LogP contribution in [0.4, 0.5) is 4.79 Å². The van der Waals surface area contributed by atoms with Crippen LogP contribution in [-0.2, 0) is 19.1 Å². The fourth-order valence-electron chi connectivity index (χ4n) is 6.82. The number of alkyl carbamates (subject to hydrolysis) is 1. The normalized spacial score (nSPS) is 25.5. The summed E-state index contributed by atoms with van der Waals surface area (Å²) in [6, 6.07) is 8.52. The minimum atomic E-state index is -1.45. The maximum atomic E-state index is 14.4. The van der Waals surface area contributed by atoms with E-state index in [1.54, 1.807) is 46.3 Å². The number of hydrogen-bond donors (Lipinski definition) is 3. The highest BCUT2D eigenvalue weighted by Crippen LogP contribution is 2.45. The molecule has 0 unspecified atom stereocenters. The Bertz CT molecular complexity index is 1790. The molecule has 1 aliphatic carbocycles. The number of amides is 3. The van der Waals surface area contributed by atoms with Crippen molar-refractivity contribution in [2.24, 2.45) is 5.92 Å². The quantitative estimate of drug-likeness (QED) is 0.310. The molecule has 3 amide bonds. The number of fused-ring (bicyclic) bond motifs is 2. The van der Waals surface area contributed by atoms with Gasteiger partial charge in [-0.2, -0.15) is 15.0 Å². The van der Waals surface area contributed by atoms with Crippen molar-refractivity contribution >= 4 is 23.9 Å². The van der Waals surface area contributed by atoms with E-state index >= 15 is 0 Å². The Morgan fingerprint density at radius 2 is 1.78 bits per heavy atom. The van der Waals surface area contributed by atoms with Crippen LogP contribution >= 0.6 is 0 Å². The molecule has 0 bridgehead atoms. The molecule has 1 saturated heterocycles. The second-order valence-electron chi connectivity index (χ2n) is 14.4. The standard InChI is InChI=1S/C37H45N7O7/c1-36(2,3)51-35(49)39-28-13-9-7-5-6-8-12-25-20-37(25,34(47)48)40-32(45)29-19-26(22-43(29)33(28)46)44-41-30(23-14-16-27(50-4)17-15-23)31(42-44)24-11-10-18-38-21-24/h8,10-12,14-18,21,25-26,28-29H,5-7,9,13,19-20,22H2,1-4H3,(H,39,49)(H,40,45)(H,47,48)/t25-,26+,28-,29+,37+/m1/s1. The van der Waals surface area contributed by atoms with E-state index < -0.39 is 53.1 Å². The average molecular weight is 700 g/mol. The lowest BCUT2D eigenvalue weighted by atomic mass is 10.0. The van der Waals surface area contributed by atoms with E-state index in [-0.39, 0.29) is 25.3 Å². The highest BCUT2D eigenvalue weighted by atomic mass is 16.6. The van der Waals surface area contributed by atoms with Crippen LogP contribution in [0.3, 0.4) is 0 Å². The van der Waals surface area contributed by atoms with Gasteiger partial charge in [0.25, 0.3) is 0 Å². The van der Waals surface area contributed by atoms with Gasteiger partial charge < -0.3 is 30.1 Å². The molecule has 2 aromatic heterocycles. The summed E-state index contributed by atoms with van der Waals surface area (Å²) in [5.41, 5.74) is 0.414. The number of carbonyl (C=O) groups excluding carboxylic acids is 3. The lowest BCUT2D eigenvalue weighted by Crippen LogP contribution is -2.56. The molecular formula is C37H45N7O7. The molecule has 14 heteroatoms. The summed E-state index contributed by atoms with van der Waals surface area (Å²) in [5, 5.41) is 25.6. The predicted molar refractivity (Wildman–Crippen MR) is 186 cm³/mol. The summed E-state index contributed by atoms with van der Waals surface area (Å²) in [6.45, 7) is 5.27. The number of ether oxygens (including phenoxy) is 2. The third kappa shape index (κ3) is 7.89. The van der Waals surface area contributed by atoms with Gasteiger partial charge in [-0.15, -0.1) is 0 Å². The molecule has 4 heterocycles. The van der Waals surface area contributed by atoms with Gasteiger partial charge in [0.1, 0.15) is 40.4 Å². The number of aromatic nitrogens is 4. The Morgan fingerprint density at radius 1 is 1.04 bits per heavy atom. The van der Waals surface area contributed by atoms with Crippen LogP contribution < -0.4 is 15.4 Å². The number of benzene rings is 1. The number of methoxy groups -OCH3 is 1. The fraction of sp³-hybridized carbons (Fsp3) is 0.486. The van der Waals surface area contributed by atoms with Crippen LogP contribution in [0.25, 0.3) is 22.5 Å². The van der Waals surface area contributed by atoms with Gasteiger partial charge in [-0.25, -0.2) is 9.59 Å². The van der Waals surface area contributed by atoms with Crippen LogP contribution in [-0.4, -0.2) is 90.7 Å². The van der Waals surface area contributed by atoms with Gasteiger partial charge in [0.15, 0.2) is 0 Å². The lowest BCUT2D eigenvalue weighted by Gasteiger charge is -2.30. The Morgan fingerprint density at radius 3 is 2.45 bits per heavy atom. The maximum Gasteiger partial charge on any atom is 0.408 e. The zero-order valence-corrected chi connectivity index (χ0v) is 29.4. The van der Waals surface area contributed by atoms with Gasteiger partial charge in [0, 0.05) is 42.4 Å². The molecule has 0 spiro atoms. The number of pyridine rings is 1. The Labute approximate surface area is 296 Å². The van der Waals surface area contributed by atoms with Crippen LogP contribution in [0.1, 0.15) is 71.8 Å². The zero-order valence-electron chi connectivity index (χ0n) is 29.4. The second kappa shape index (κ2) is 14.5. The Hall–Kier alpha value is -5.27. The average Bonchev–Trinajstić information content (AvgIpc) is 3.40. The minimum absolute atomic E-state index is 0.0516. The van der Waals surface area contributed by atoms with Crippen molar-refractivity contribution in [3.05, 3.63) is 60.9 Å². The van der Waals surface area contributed by atoms with Crippen molar-refractivity contribution < 1.29 is 33.8 Å². The smallest absolute Gasteiger partial charge is 0.408 e. The molecule has 51 heavy (non-hydrogen) atoms. The number of nitrogens with zero attached hydrogens (tertiary/aromatic N) is 5. The predicted octanol–water partition coefficient (Wildman–Crippen LogP) is 4.53. The molecular weight excluding hydrogens is 654 g/mol. The molecule has 5 atom stereocenters. The molecule has 3 aromatic rings. The van der Waals surface area contributed by atoms with Gasteiger partial charge in [-0.1, -0.05) is 25.0 Å². The number of aliphatic carboxylic acids is 1. The van der Waals surface area contributed by atoms with E-state index in [0.29, 0.717) is 30.0 Å². The fourth-order valence-corrected chi connectivity index (χ4v) is 6.82. The summed E-state index contributed by atoms with van der Waals surface area (Å²) in [6.07, 6.45) is 10.2. The van der Waals surface area contributed by atoms with E-state index in [4.69, 9.17) is 19.7 Å². The van der Waals surface area contributed by atoms with E-state index in [9.17, 15) is 24.3 Å². The highest BCUT2D eigenvalue weighted by molar-refractivity contribution is 5.96. The number of allylic oxidation sites excluding steroid dienone is 1. The number of rotatable bonds is 6. The summed E-state index contributed by atoms with van der Waals surface area (Å²) < 4.78 is 10.8. The summed E-state index contributed by atoms with van der Waals surface area (Å²) in [5.74, 6) is -1.83. The molecule has 1 saturated carbocycles. The SMILES string of the molecule is COc1ccc(-c2nn([C@H]3C[C@H]4C(=O)N[C@@]5(C(=O)O)C[C@H]5C=CCCCCC[C@@H](NC(=O)OC(C)(C)C)C(=O)N4C3)nc2-c2cccnc2)cc1. The van der Waals surface area contributed by atoms with Crippen LogP contribution in [0, 0.1) is 5.92 Å². The number of carbonyl (C=O) groups is 4. The van der Waals surface area contributed by atoms with Crippen LogP contribution in [0.15, 0.2) is 60.9 Å². The number of nitrogens with one attached hydrogen (secondary N) is 2. The summed E-state index contributed by atoms with van der Waals surface area (Å²) in [7, 11) is 1.59. The van der Waals surface area contributed by atoms with E-state index in [1.165, 1.54) is 9.70 Å². The van der Waals surface area contributed by atoms with Gasteiger partial charge in [-0.05, 0) is 82.9 Å². The van der Waals surface area contributed by atoms with Crippen LogP contribution in [0.2, 0.25) is 0 Å². The molecule has 1 aromatic carbocycles. The monoisotopic (exact) mass is 699 g/mol. The van der Waals surface area contributed by atoms with Crippen molar-refractivity contribution in [3.63, 3.8) is 0 Å². The second-order valence-corrected chi connectivity index (χ2v) is 14.4. The number of carboxylic acid groups (broad SMARTS) is 1. The molecule has 0 radical (unpaired) electrons. The topological polar surface area (TPSA) is 178 Å². The molecule has 3 N–H and O–H groups in total. The van der Waals surface area contributed by atoms with Crippen molar-refractivity contribution in [3.8, 4) is 28.3 Å². The molecule has 14 nitrogen and oxygen atoms in total. The minimum Gasteiger partial charge on any atom is -0.497 e. The van der Waals surface area contributed by atoms with E-state index in [1.807, 2.05) is 42.5 Å². The first-order chi connectivity index (χ1) is 24.4. The van der Waals surface area contributed by atoms with Gasteiger partial charge in [-0.3, -0.25) is 14.6 Å². The first kappa shape index (κ1) is 35.6. The largest absolute Gasteiger partial charge is 0.497 e. The first-order valence-electron chi connectivity index (χ1n) is 17.4. The van der Waals surface area contributed by atoms with Crippen molar-refractivity contribution in [2.75, 3.05) is 13.7 Å². The number of hydrogen-bond acceptors (Lipinski definition) is 9. The Balaban J connectivity index is 1.37. The van der Waals surface area contributed by atoms with Gasteiger partial charge in [0.05, 0.1) is 13.2 Å². The van der Waals surface area contributed by atoms with E-state index in [2.05, 4.69) is 15.6 Å². The van der Waals surface area contributed by atoms with Crippen molar-refractivity contribution in [1.82, 2.24) is 35.5 Å². The highest BCUT2D eigenvalue weighted by Gasteiger charge is 2.61. The van der Waals surface area contributed by atoms with Gasteiger partial charge >= 0.3 is 12.1 Å². The third-order valence-corrected chi connectivity index (χ3v) is 9.58. The molecule has 6 rings (SSSR count). The summed E-state index contributed by atoms with van der Waals surface area (Å²) in [4.78, 5) is 61.3. The molecule has 270 valence electrons. The van der Waals surface area contributed by atoms with Crippen LogP contribution in [0.5, 0.6) is 5.75 Å². The van der Waals surface area contributed by atoms with Gasteiger partial charge in [0.2, 0.25) is 11.8 Å². The Kier molecular flexibility index (Phi) is 10.1. The molecule has 2 aliphatic heterocycles. The lowest BCUT2D eigenvalue weighted by molar-refractivity contribution is -0.145. The van der Waals surface area contributed by atoms with E-state index in [0.717, 1.165) is 30.4 Å². The van der Waals surface area contributed by atoms with Crippen molar-refractivity contribution in [2.45, 2.75) is 95.0 Å². The maximum absolute atomic E-state index is 14.4. The number of carboxylic acids is 1. The zero-order chi connectivity index (χ0) is 36.3. The third-order valence-electron chi connectivity index (χ3n) is 9.58. The summed E-state index contributed by atoms with van der Waals surface area (Å²) >= 11 is 0.